The topological polar surface area (TPSA) is 39.7 Å². The predicted octanol–water partition coefficient (Wildman–Crippen LogP) is 1.19. The van der Waals surface area contributed by atoms with E-state index in [0.717, 1.165) is 44.6 Å². The number of rotatable bonds is 4. The molecular weight excluding hydrogens is 212 g/mol. The van der Waals surface area contributed by atoms with Crippen molar-refractivity contribution in [1.82, 2.24) is 15.5 Å². The van der Waals surface area contributed by atoms with E-state index in [4.69, 9.17) is 0 Å². The lowest BCUT2D eigenvalue weighted by atomic mass is 9.94. The highest BCUT2D eigenvalue weighted by Crippen LogP contribution is 2.21. The molecule has 0 amide bonds. The fourth-order valence-electron chi connectivity index (χ4n) is 2.71. The fraction of sp³-hybridized carbons (Fsp3) is 0.923. The fourth-order valence-corrected chi connectivity index (χ4v) is 2.71. The molecule has 0 spiro atoms. The summed E-state index contributed by atoms with van der Waals surface area (Å²) in [5, 5.41) is 6.68. The summed E-state index contributed by atoms with van der Waals surface area (Å²) in [4.78, 5) is 6.92. The summed E-state index contributed by atoms with van der Waals surface area (Å²) in [5.74, 6) is 0.994. The summed E-state index contributed by atoms with van der Waals surface area (Å²) in [6.07, 6.45) is 8.19. The van der Waals surface area contributed by atoms with E-state index in [-0.39, 0.29) is 0 Å². The van der Waals surface area contributed by atoms with Crippen molar-refractivity contribution in [2.75, 3.05) is 33.2 Å². The van der Waals surface area contributed by atoms with Crippen molar-refractivity contribution < 1.29 is 0 Å². The largest absolute Gasteiger partial charge is 0.356 e. The first kappa shape index (κ1) is 12.7. The zero-order chi connectivity index (χ0) is 11.9. The molecule has 0 radical (unpaired) electrons. The second-order valence-corrected chi connectivity index (χ2v) is 5.21. The number of hydrogen-bond donors (Lipinski definition) is 2. The average Bonchev–Trinajstić information content (AvgIpc) is 2.41. The number of nitrogens with one attached hydrogen (secondary N) is 2. The van der Waals surface area contributed by atoms with Gasteiger partial charge in [-0.25, -0.2) is 0 Å². The minimum atomic E-state index is 0.812. The van der Waals surface area contributed by atoms with Crippen LogP contribution < -0.4 is 10.6 Å². The third kappa shape index (κ3) is 4.19. The Bertz CT molecular complexity index is 246. The summed E-state index contributed by atoms with van der Waals surface area (Å²) < 4.78 is 0. The van der Waals surface area contributed by atoms with E-state index in [9.17, 15) is 0 Å². The maximum absolute atomic E-state index is 4.41. The van der Waals surface area contributed by atoms with Crippen LogP contribution in [0.5, 0.6) is 0 Å². The summed E-state index contributed by atoms with van der Waals surface area (Å²) in [6.45, 7) is 4.14. The first-order valence-electron chi connectivity index (χ1n) is 7.09. The highest BCUT2D eigenvalue weighted by molar-refractivity contribution is 5.80. The molecule has 2 rings (SSSR count). The van der Waals surface area contributed by atoms with Crippen LogP contribution >= 0.6 is 0 Å². The van der Waals surface area contributed by atoms with Crippen LogP contribution in [0.3, 0.4) is 0 Å². The lowest BCUT2D eigenvalue weighted by Gasteiger charge is -2.31. The molecule has 1 aliphatic carbocycles. The van der Waals surface area contributed by atoms with Crippen molar-refractivity contribution in [3.05, 3.63) is 0 Å². The maximum Gasteiger partial charge on any atom is 0.191 e. The second kappa shape index (κ2) is 6.84. The standard InChI is InChI=1S/C13H26N4/c1-17(12-6-3-2-4-7-12)11-10-16-13-14-8-5-9-15-13/h12H,2-11H2,1H3,(H2,14,15,16). The lowest BCUT2D eigenvalue weighted by molar-refractivity contribution is 0.194. The van der Waals surface area contributed by atoms with E-state index in [2.05, 4.69) is 27.6 Å². The summed E-state index contributed by atoms with van der Waals surface area (Å²) in [5.41, 5.74) is 0. The van der Waals surface area contributed by atoms with Gasteiger partial charge in [0.2, 0.25) is 0 Å². The summed E-state index contributed by atoms with van der Waals surface area (Å²) in [6, 6.07) is 0.812. The molecule has 2 aliphatic rings. The highest BCUT2D eigenvalue weighted by Gasteiger charge is 2.17. The van der Waals surface area contributed by atoms with Crippen LogP contribution in [-0.4, -0.2) is 50.1 Å². The van der Waals surface area contributed by atoms with Crippen molar-refractivity contribution >= 4 is 5.96 Å². The first-order valence-corrected chi connectivity index (χ1v) is 7.09. The predicted molar refractivity (Wildman–Crippen MR) is 72.4 cm³/mol. The number of guanidine groups is 1. The smallest absolute Gasteiger partial charge is 0.191 e. The van der Waals surface area contributed by atoms with Gasteiger partial charge in [0.05, 0.1) is 0 Å². The minimum absolute atomic E-state index is 0.812. The average molecular weight is 238 g/mol. The number of likely N-dealkylation sites (N-methyl/N-ethyl adjacent to an activating group) is 1. The third-order valence-corrected chi connectivity index (χ3v) is 3.85. The third-order valence-electron chi connectivity index (χ3n) is 3.85. The van der Waals surface area contributed by atoms with E-state index < -0.39 is 0 Å². The Morgan fingerprint density at radius 1 is 1.29 bits per heavy atom. The maximum atomic E-state index is 4.41. The van der Waals surface area contributed by atoms with Crippen molar-refractivity contribution in [3.63, 3.8) is 0 Å². The van der Waals surface area contributed by atoms with Crippen LogP contribution in [0.25, 0.3) is 0 Å². The van der Waals surface area contributed by atoms with Crippen LogP contribution in [0.2, 0.25) is 0 Å². The molecule has 1 heterocycles. The van der Waals surface area contributed by atoms with Gasteiger partial charge in [0.1, 0.15) is 0 Å². The second-order valence-electron chi connectivity index (χ2n) is 5.21. The van der Waals surface area contributed by atoms with Crippen molar-refractivity contribution in [2.24, 2.45) is 4.99 Å². The summed E-state index contributed by atoms with van der Waals surface area (Å²) in [7, 11) is 2.26. The van der Waals surface area contributed by atoms with Gasteiger partial charge < -0.3 is 15.5 Å². The minimum Gasteiger partial charge on any atom is -0.356 e. The molecule has 4 heteroatoms. The molecule has 2 N–H and O–H groups in total. The van der Waals surface area contributed by atoms with E-state index in [1.54, 1.807) is 0 Å². The van der Waals surface area contributed by atoms with Gasteiger partial charge in [-0.15, -0.1) is 0 Å². The Balaban J connectivity index is 1.61. The van der Waals surface area contributed by atoms with Gasteiger partial charge >= 0.3 is 0 Å². The molecule has 0 aromatic carbocycles. The molecule has 0 atom stereocenters. The van der Waals surface area contributed by atoms with Gasteiger partial charge in [-0.2, -0.15) is 0 Å². The molecule has 17 heavy (non-hydrogen) atoms. The lowest BCUT2D eigenvalue weighted by Crippen LogP contribution is -2.45. The molecule has 0 saturated heterocycles. The highest BCUT2D eigenvalue weighted by atomic mass is 15.2. The van der Waals surface area contributed by atoms with Crippen molar-refractivity contribution in [1.29, 1.82) is 0 Å². The molecule has 1 fully saturated rings. The van der Waals surface area contributed by atoms with Crippen LogP contribution in [0, 0.1) is 0 Å². The van der Waals surface area contributed by atoms with Gasteiger partial charge in [-0.3, -0.25) is 4.99 Å². The molecule has 98 valence electrons. The first-order chi connectivity index (χ1) is 8.36. The van der Waals surface area contributed by atoms with E-state index in [1.807, 2.05) is 0 Å². The SMILES string of the molecule is CN(CCNC1=NCCCN1)C1CCCCC1. The Labute approximate surface area is 105 Å². The molecule has 0 aromatic rings. The van der Waals surface area contributed by atoms with Crippen molar-refractivity contribution in [2.45, 2.75) is 44.6 Å². The quantitative estimate of drug-likeness (QED) is 0.773. The Morgan fingerprint density at radius 3 is 2.82 bits per heavy atom. The summed E-state index contributed by atoms with van der Waals surface area (Å²) >= 11 is 0. The molecule has 0 unspecified atom stereocenters. The van der Waals surface area contributed by atoms with Gasteiger partial charge in [-0.05, 0) is 26.3 Å². The number of hydrogen-bond acceptors (Lipinski definition) is 4. The molecular formula is C13H26N4. The van der Waals surface area contributed by atoms with Gasteiger partial charge in [0.25, 0.3) is 0 Å². The molecule has 1 saturated carbocycles. The number of nitrogens with zero attached hydrogens (tertiary/aromatic N) is 2. The Hall–Kier alpha value is -0.770. The van der Waals surface area contributed by atoms with E-state index in [1.165, 1.54) is 32.1 Å². The molecule has 4 nitrogen and oxygen atoms in total. The van der Waals surface area contributed by atoms with Crippen LogP contribution in [0.4, 0.5) is 0 Å². The van der Waals surface area contributed by atoms with Crippen LogP contribution in [-0.2, 0) is 0 Å². The number of aliphatic imine (C=N–C) groups is 1. The van der Waals surface area contributed by atoms with E-state index >= 15 is 0 Å². The van der Waals surface area contributed by atoms with Gasteiger partial charge in [0, 0.05) is 32.2 Å². The zero-order valence-corrected chi connectivity index (χ0v) is 11.0. The van der Waals surface area contributed by atoms with E-state index in [0.29, 0.717) is 0 Å². The Kier molecular flexibility index (Phi) is 5.10. The van der Waals surface area contributed by atoms with Gasteiger partial charge in [0.15, 0.2) is 5.96 Å². The van der Waals surface area contributed by atoms with Crippen molar-refractivity contribution in [3.8, 4) is 0 Å². The zero-order valence-electron chi connectivity index (χ0n) is 11.0. The van der Waals surface area contributed by atoms with Gasteiger partial charge in [-0.1, -0.05) is 19.3 Å². The molecule has 1 aliphatic heterocycles. The van der Waals surface area contributed by atoms with Crippen LogP contribution in [0.1, 0.15) is 38.5 Å². The van der Waals surface area contributed by atoms with Crippen LogP contribution in [0.15, 0.2) is 4.99 Å². The molecule has 0 aromatic heterocycles. The molecule has 0 bridgehead atoms. The monoisotopic (exact) mass is 238 g/mol. The Morgan fingerprint density at radius 2 is 2.12 bits per heavy atom. The normalized spacial score (nSPS) is 22.1.